The van der Waals surface area contributed by atoms with Gasteiger partial charge < -0.3 is 5.11 Å². The summed E-state index contributed by atoms with van der Waals surface area (Å²) >= 11 is 0. The number of carbonyl (C=O) groups is 2. The molecule has 0 aliphatic rings. The number of carboxylic acids is 1. The van der Waals surface area contributed by atoms with Gasteiger partial charge in [0.15, 0.2) is 11.8 Å². The van der Waals surface area contributed by atoms with Crippen LogP contribution >= 0.6 is 0 Å². The maximum atomic E-state index is 11.8. The van der Waals surface area contributed by atoms with Gasteiger partial charge in [0.05, 0.1) is 0 Å². The van der Waals surface area contributed by atoms with Crippen LogP contribution in [0.4, 0.5) is 0 Å². The summed E-state index contributed by atoms with van der Waals surface area (Å²) in [5.74, 6) is -1.63. The quantitative estimate of drug-likeness (QED) is 0.427. The van der Waals surface area contributed by atoms with Crippen LogP contribution < -0.4 is 5.32 Å². The molecular weight excluding hydrogens is 206 g/mol. The molecule has 0 heterocycles. The van der Waals surface area contributed by atoms with E-state index in [1.807, 2.05) is 0 Å². The van der Waals surface area contributed by atoms with Crippen molar-refractivity contribution in [2.75, 3.05) is 6.54 Å². The molecule has 0 saturated heterocycles. The molecule has 1 atom stereocenters. The fourth-order valence-corrected chi connectivity index (χ4v) is 1.26. The third kappa shape index (κ3) is 3.03. The van der Waals surface area contributed by atoms with Crippen molar-refractivity contribution in [3.63, 3.8) is 0 Å². The maximum Gasteiger partial charge on any atom is 0.328 e. The van der Waals surface area contributed by atoms with Gasteiger partial charge in [-0.2, -0.15) is 0 Å². The lowest BCUT2D eigenvalue weighted by Gasteiger charge is -2.11. The van der Waals surface area contributed by atoms with Crippen LogP contribution in [0.3, 0.4) is 0 Å². The highest BCUT2D eigenvalue weighted by Gasteiger charge is 2.25. The van der Waals surface area contributed by atoms with Crippen LogP contribution in [0.15, 0.2) is 43.0 Å². The van der Waals surface area contributed by atoms with Gasteiger partial charge in [0, 0.05) is 12.1 Å². The molecule has 0 aromatic heterocycles. The number of hydrogen-bond acceptors (Lipinski definition) is 3. The largest absolute Gasteiger partial charge is 0.480 e. The first-order valence-electron chi connectivity index (χ1n) is 4.83. The molecular formula is C12H13NO3. The first-order valence-corrected chi connectivity index (χ1v) is 4.83. The molecule has 4 heteroatoms. The number of aliphatic carboxylic acids is 1. The predicted octanol–water partition coefficient (Wildman–Crippen LogP) is 1.10. The van der Waals surface area contributed by atoms with Gasteiger partial charge in [-0.1, -0.05) is 36.4 Å². The average Bonchev–Trinajstić information content (AvgIpc) is 2.30. The van der Waals surface area contributed by atoms with E-state index in [4.69, 9.17) is 5.11 Å². The van der Waals surface area contributed by atoms with E-state index in [-0.39, 0.29) is 6.54 Å². The maximum absolute atomic E-state index is 11.8. The monoisotopic (exact) mass is 219 g/mol. The molecule has 0 aliphatic carbocycles. The van der Waals surface area contributed by atoms with Crippen molar-refractivity contribution >= 4 is 11.8 Å². The number of Topliss-reactive ketones (excluding diaryl/α,β-unsaturated/α-hetero) is 1. The summed E-state index contributed by atoms with van der Waals surface area (Å²) in [4.78, 5) is 22.7. The van der Waals surface area contributed by atoms with Gasteiger partial charge in [-0.05, 0) is 0 Å². The van der Waals surface area contributed by atoms with Crippen LogP contribution in [0, 0.1) is 0 Å². The minimum Gasteiger partial charge on any atom is -0.480 e. The molecule has 84 valence electrons. The van der Waals surface area contributed by atoms with E-state index in [0.717, 1.165) is 0 Å². The molecule has 1 unspecified atom stereocenters. The zero-order valence-corrected chi connectivity index (χ0v) is 8.72. The smallest absolute Gasteiger partial charge is 0.328 e. The number of carboxylic acid groups (broad SMARTS) is 1. The second-order valence-corrected chi connectivity index (χ2v) is 3.20. The Morgan fingerprint density at radius 3 is 2.50 bits per heavy atom. The van der Waals surface area contributed by atoms with Gasteiger partial charge in [-0.15, -0.1) is 6.58 Å². The third-order valence-corrected chi connectivity index (χ3v) is 2.03. The molecule has 0 spiro atoms. The molecule has 0 fully saturated rings. The molecule has 1 aromatic rings. The van der Waals surface area contributed by atoms with Crippen molar-refractivity contribution in [2.24, 2.45) is 0 Å². The highest BCUT2D eigenvalue weighted by atomic mass is 16.4. The van der Waals surface area contributed by atoms with Crippen molar-refractivity contribution in [3.05, 3.63) is 48.6 Å². The van der Waals surface area contributed by atoms with Crippen molar-refractivity contribution in [1.82, 2.24) is 5.32 Å². The molecule has 0 radical (unpaired) electrons. The molecule has 0 bridgehead atoms. The van der Waals surface area contributed by atoms with Crippen molar-refractivity contribution in [2.45, 2.75) is 6.04 Å². The number of hydrogen-bond donors (Lipinski definition) is 2. The number of ketones is 1. The minimum absolute atomic E-state index is 0.273. The minimum atomic E-state index is -1.22. The standard InChI is InChI=1S/C12H13NO3/c1-2-8-13-10(12(15)16)11(14)9-6-4-3-5-7-9/h2-7,10,13H,1,8H2,(H,15,16). The lowest BCUT2D eigenvalue weighted by atomic mass is 10.0. The normalized spacial score (nSPS) is 11.8. The highest BCUT2D eigenvalue weighted by Crippen LogP contribution is 2.03. The second-order valence-electron chi connectivity index (χ2n) is 3.20. The Balaban J connectivity index is 2.83. The second kappa shape index (κ2) is 5.82. The van der Waals surface area contributed by atoms with Crippen LogP contribution in [0.5, 0.6) is 0 Å². The Morgan fingerprint density at radius 1 is 1.38 bits per heavy atom. The zero-order chi connectivity index (χ0) is 12.0. The third-order valence-electron chi connectivity index (χ3n) is 2.03. The van der Waals surface area contributed by atoms with Crippen LogP contribution in [0.1, 0.15) is 10.4 Å². The summed E-state index contributed by atoms with van der Waals surface area (Å²) in [6, 6.07) is 7.12. The van der Waals surface area contributed by atoms with Crippen molar-refractivity contribution in [1.29, 1.82) is 0 Å². The number of carbonyl (C=O) groups excluding carboxylic acids is 1. The van der Waals surface area contributed by atoms with Crippen molar-refractivity contribution in [3.8, 4) is 0 Å². The van der Waals surface area contributed by atoms with Gasteiger partial charge in [0.25, 0.3) is 0 Å². The molecule has 0 amide bonds. The van der Waals surface area contributed by atoms with Crippen LogP contribution in [-0.4, -0.2) is 29.4 Å². The van der Waals surface area contributed by atoms with Gasteiger partial charge in [0.2, 0.25) is 0 Å². The SMILES string of the molecule is C=CCNC(C(=O)O)C(=O)c1ccccc1. The molecule has 1 aromatic carbocycles. The van der Waals surface area contributed by atoms with E-state index in [9.17, 15) is 9.59 Å². The van der Waals surface area contributed by atoms with Gasteiger partial charge in [0.1, 0.15) is 0 Å². The first-order chi connectivity index (χ1) is 7.66. The Labute approximate surface area is 93.6 Å². The summed E-state index contributed by atoms with van der Waals surface area (Å²) in [6.45, 7) is 3.73. The van der Waals surface area contributed by atoms with E-state index in [1.54, 1.807) is 30.3 Å². The molecule has 4 nitrogen and oxygen atoms in total. The Bertz CT molecular complexity index is 387. The number of benzene rings is 1. The van der Waals surface area contributed by atoms with Crippen LogP contribution in [0.25, 0.3) is 0 Å². The summed E-state index contributed by atoms with van der Waals surface area (Å²) in [7, 11) is 0. The lowest BCUT2D eigenvalue weighted by Crippen LogP contribution is -2.43. The molecule has 1 rings (SSSR count). The van der Waals surface area contributed by atoms with E-state index >= 15 is 0 Å². The summed E-state index contributed by atoms with van der Waals surface area (Å²) in [5, 5.41) is 11.5. The Morgan fingerprint density at radius 2 is 2.00 bits per heavy atom. The Kier molecular flexibility index (Phi) is 4.42. The van der Waals surface area contributed by atoms with Crippen molar-refractivity contribution < 1.29 is 14.7 Å². The lowest BCUT2D eigenvalue weighted by molar-refractivity contribution is -0.138. The number of nitrogens with one attached hydrogen (secondary N) is 1. The highest BCUT2D eigenvalue weighted by molar-refractivity contribution is 6.11. The van der Waals surface area contributed by atoms with Gasteiger partial charge in [-0.3, -0.25) is 14.9 Å². The topological polar surface area (TPSA) is 66.4 Å². The van der Waals surface area contributed by atoms with Gasteiger partial charge in [-0.25, -0.2) is 0 Å². The fourth-order valence-electron chi connectivity index (χ4n) is 1.26. The summed E-state index contributed by atoms with van der Waals surface area (Å²) < 4.78 is 0. The number of rotatable bonds is 6. The van der Waals surface area contributed by atoms with Gasteiger partial charge >= 0.3 is 5.97 Å². The predicted molar refractivity (Wildman–Crippen MR) is 60.4 cm³/mol. The fraction of sp³-hybridized carbons (Fsp3) is 0.167. The van der Waals surface area contributed by atoms with Crippen LogP contribution in [-0.2, 0) is 4.79 Å². The molecule has 2 N–H and O–H groups in total. The van der Waals surface area contributed by atoms with E-state index in [2.05, 4.69) is 11.9 Å². The average molecular weight is 219 g/mol. The van der Waals surface area contributed by atoms with Crippen LogP contribution in [0.2, 0.25) is 0 Å². The summed E-state index contributed by atoms with van der Waals surface area (Å²) in [6.07, 6.45) is 1.51. The van der Waals surface area contributed by atoms with E-state index in [1.165, 1.54) is 6.08 Å². The van der Waals surface area contributed by atoms with E-state index < -0.39 is 17.8 Å². The first kappa shape index (κ1) is 12.1. The molecule has 0 saturated carbocycles. The zero-order valence-electron chi connectivity index (χ0n) is 8.72. The summed E-state index contributed by atoms with van der Waals surface area (Å²) in [5.41, 5.74) is 0.381. The molecule has 0 aliphatic heterocycles. The van der Waals surface area contributed by atoms with E-state index in [0.29, 0.717) is 5.56 Å². The molecule has 16 heavy (non-hydrogen) atoms. The Hall–Kier alpha value is -1.94.